The average Bonchev–Trinajstić information content (AvgIpc) is 2.47. The van der Waals surface area contributed by atoms with Crippen molar-refractivity contribution in [1.29, 1.82) is 0 Å². The van der Waals surface area contributed by atoms with E-state index >= 15 is 0 Å². The third kappa shape index (κ3) is 2.97. The highest BCUT2D eigenvalue weighted by molar-refractivity contribution is 5.99. The number of hydrogen-bond acceptors (Lipinski definition) is 5. The minimum atomic E-state index is -0.991. The zero-order valence-electron chi connectivity index (χ0n) is 11.0. The van der Waals surface area contributed by atoms with E-state index in [1.807, 2.05) is 0 Å². The molecule has 108 valence electrons. The first-order valence-electron chi connectivity index (χ1n) is 5.92. The van der Waals surface area contributed by atoms with Crippen molar-refractivity contribution < 1.29 is 18.8 Å². The Balaban J connectivity index is 2.61. The Morgan fingerprint density at radius 3 is 2.48 bits per heavy atom. The lowest BCUT2D eigenvalue weighted by Gasteiger charge is -2.11. The summed E-state index contributed by atoms with van der Waals surface area (Å²) in [7, 11) is 1.08. The molecular formula is C14H11FN2O4. The summed E-state index contributed by atoms with van der Waals surface area (Å²) in [6.07, 6.45) is 0. The zero-order valence-corrected chi connectivity index (χ0v) is 11.0. The Labute approximate surface area is 119 Å². The monoisotopic (exact) mass is 290 g/mol. The molecule has 1 N–H and O–H groups in total. The average molecular weight is 290 g/mol. The van der Waals surface area contributed by atoms with Crippen LogP contribution in [0.25, 0.3) is 0 Å². The molecule has 0 heterocycles. The van der Waals surface area contributed by atoms with Crippen molar-refractivity contribution in [1.82, 2.24) is 0 Å². The summed E-state index contributed by atoms with van der Waals surface area (Å²) in [5, 5.41) is 13.8. The Morgan fingerprint density at radius 2 is 1.90 bits per heavy atom. The first-order chi connectivity index (χ1) is 10.0. The molecular weight excluding hydrogens is 279 g/mol. The summed E-state index contributed by atoms with van der Waals surface area (Å²) in [5.74, 6) is -1.89. The van der Waals surface area contributed by atoms with Crippen LogP contribution in [-0.4, -0.2) is 18.0 Å². The SMILES string of the molecule is COC(=O)c1c(F)ccc([N+](=O)[O-])c1Nc1ccccc1. The number of esters is 1. The van der Waals surface area contributed by atoms with Gasteiger partial charge < -0.3 is 10.1 Å². The Kier molecular flexibility index (Phi) is 4.13. The van der Waals surface area contributed by atoms with Gasteiger partial charge in [0.15, 0.2) is 0 Å². The third-order valence-corrected chi connectivity index (χ3v) is 2.76. The van der Waals surface area contributed by atoms with E-state index in [0.717, 1.165) is 19.2 Å². The van der Waals surface area contributed by atoms with Crippen LogP contribution in [0.4, 0.5) is 21.5 Å². The number of nitro benzene ring substituents is 1. The minimum absolute atomic E-state index is 0.238. The molecule has 6 nitrogen and oxygen atoms in total. The molecule has 21 heavy (non-hydrogen) atoms. The van der Waals surface area contributed by atoms with Crippen molar-refractivity contribution in [3.63, 3.8) is 0 Å². The molecule has 0 amide bonds. The first kappa shape index (κ1) is 14.4. The zero-order chi connectivity index (χ0) is 15.4. The van der Waals surface area contributed by atoms with Crippen molar-refractivity contribution in [2.45, 2.75) is 0 Å². The number of nitrogens with one attached hydrogen (secondary N) is 1. The van der Waals surface area contributed by atoms with Crippen molar-refractivity contribution in [2.24, 2.45) is 0 Å². The number of nitro groups is 1. The number of nitrogens with zero attached hydrogens (tertiary/aromatic N) is 1. The van der Waals surface area contributed by atoms with Gasteiger partial charge in [-0.1, -0.05) is 18.2 Å². The van der Waals surface area contributed by atoms with Gasteiger partial charge in [-0.15, -0.1) is 0 Å². The molecule has 0 aliphatic carbocycles. The highest BCUT2D eigenvalue weighted by Gasteiger charge is 2.26. The molecule has 2 aromatic rings. The number of ether oxygens (including phenoxy) is 1. The molecule has 0 saturated carbocycles. The number of halogens is 1. The third-order valence-electron chi connectivity index (χ3n) is 2.76. The molecule has 0 aromatic heterocycles. The molecule has 2 rings (SSSR count). The number of benzene rings is 2. The Morgan fingerprint density at radius 1 is 1.24 bits per heavy atom. The van der Waals surface area contributed by atoms with Gasteiger partial charge >= 0.3 is 5.97 Å². The second-order valence-electron chi connectivity index (χ2n) is 4.06. The predicted molar refractivity (Wildman–Crippen MR) is 74.1 cm³/mol. The normalized spacial score (nSPS) is 10.0. The van der Waals surface area contributed by atoms with Crippen molar-refractivity contribution >= 4 is 23.0 Å². The van der Waals surface area contributed by atoms with Gasteiger partial charge in [0.1, 0.15) is 17.1 Å². The second kappa shape index (κ2) is 6.00. The summed E-state index contributed by atoms with van der Waals surface area (Å²) in [6, 6.07) is 10.3. The maximum absolute atomic E-state index is 13.9. The van der Waals surface area contributed by atoms with E-state index in [2.05, 4.69) is 10.1 Å². The highest BCUT2D eigenvalue weighted by atomic mass is 19.1. The van der Waals surface area contributed by atoms with E-state index in [1.54, 1.807) is 30.3 Å². The minimum Gasteiger partial charge on any atom is -0.465 e. The molecule has 0 unspecified atom stereocenters. The van der Waals surface area contributed by atoms with Gasteiger partial charge in [-0.05, 0) is 18.2 Å². The molecule has 0 spiro atoms. The topological polar surface area (TPSA) is 81.5 Å². The van der Waals surface area contributed by atoms with E-state index < -0.39 is 28.0 Å². The van der Waals surface area contributed by atoms with Gasteiger partial charge in [0.25, 0.3) is 5.69 Å². The van der Waals surface area contributed by atoms with Crippen LogP contribution in [0.2, 0.25) is 0 Å². The van der Waals surface area contributed by atoms with Crippen LogP contribution < -0.4 is 5.32 Å². The smallest absolute Gasteiger partial charge is 0.343 e. The van der Waals surface area contributed by atoms with Gasteiger partial charge in [-0.3, -0.25) is 10.1 Å². The summed E-state index contributed by atoms with van der Waals surface area (Å²) < 4.78 is 18.4. The number of hydrogen-bond donors (Lipinski definition) is 1. The van der Waals surface area contributed by atoms with Crippen LogP contribution >= 0.6 is 0 Å². The van der Waals surface area contributed by atoms with Crippen LogP contribution in [0.3, 0.4) is 0 Å². The maximum atomic E-state index is 13.9. The number of para-hydroxylation sites is 1. The summed E-state index contributed by atoms with van der Waals surface area (Å²) in [6.45, 7) is 0. The van der Waals surface area contributed by atoms with Gasteiger partial charge in [0, 0.05) is 11.8 Å². The fourth-order valence-electron chi connectivity index (χ4n) is 1.81. The number of anilines is 2. The lowest BCUT2D eigenvalue weighted by molar-refractivity contribution is -0.384. The number of carbonyl (C=O) groups excluding carboxylic acids is 1. The molecule has 7 heteroatoms. The predicted octanol–water partition coefficient (Wildman–Crippen LogP) is 3.26. The van der Waals surface area contributed by atoms with Crippen LogP contribution in [-0.2, 0) is 4.74 Å². The van der Waals surface area contributed by atoms with E-state index in [9.17, 15) is 19.3 Å². The van der Waals surface area contributed by atoms with Gasteiger partial charge in [-0.2, -0.15) is 0 Å². The Hall–Kier alpha value is -2.96. The van der Waals surface area contributed by atoms with Crippen molar-refractivity contribution in [3.8, 4) is 0 Å². The lowest BCUT2D eigenvalue weighted by atomic mass is 10.1. The molecule has 0 atom stereocenters. The quantitative estimate of drug-likeness (QED) is 0.531. The summed E-state index contributed by atoms with van der Waals surface area (Å²) in [4.78, 5) is 22.1. The van der Waals surface area contributed by atoms with E-state index in [0.29, 0.717) is 5.69 Å². The number of rotatable bonds is 4. The van der Waals surface area contributed by atoms with Crippen LogP contribution in [0, 0.1) is 15.9 Å². The molecule has 0 radical (unpaired) electrons. The van der Waals surface area contributed by atoms with Crippen LogP contribution in [0.1, 0.15) is 10.4 Å². The van der Waals surface area contributed by atoms with Crippen molar-refractivity contribution in [2.75, 3.05) is 12.4 Å². The van der Waals surface area contributed by atoms with Gasteiger partial charge in [0.2, 0.25) is 0 Å². The van der Waals surface area contributed by atoms with E-state index in [4.69, 9.17) is 0 Å². The standard InChI is InChI=1S/C14H11FN2O4/c1-21-14(18)12-10(15)7-8-11(17(19)20)13(12)16-9-5-3-2-4-6-9/h2-8,16H,1H3. The second-order valence-corrected chi connectivity index (χ2v) is 4.06. The van der Waals surface area contributed by atoms with Gasteiger partial charge in [-0.25, -0.2) is 9.18 Å². The number of carbonyl (C=O) groups is 1. The van der Waals surface area contributed by atoms with Crippen LogP contribution in [0.15, 0.2) is 42.5 Å². The molecule has 0 saturated heterocycles. The summed E-state index contributed by atoms with van der Waals surface area (Å²) in [5.41, 5.74) is -0.675. The fraction of sp³-hybridized carbons (Fsp3) is 0.0714. The van der Waals surface area contributed by atoms with Gasteiger partial charge in [0.05, 0.1) is 12.0 Å². The molecule has 0 bridgehead atoms. The maximum Gasteiger partial charge on any atom is 0.343 e. The first-order valence-corrected chi connectivity index (χ1v) is 5.92. The molecule has 2 aromatic carbocycles. The number of methoxy groups -OCH3 is 1. The largest absolute Gasteiger partial charge is 0.465 e. The lowest BCUT2D eigenvalue weighted by Crippen LogP contribution is -2.10. The van der Waals surface area contributed by atoms with E-state index in [1.165, 1.54) is 0 Å². The fourth-order valence-corrected chi connectivity index (χ4v) is 1.81. The molecule has 0 fully saturated rings. The molecule has 0 aliphatic heterocycles. The van der Waals surface area contributed by atoms with E-state index in [-0.39, 0.29) is 5.69 Å². The van der Waals surface area contributed by atoms with Crippen molar-refractivity contribution in [3.05, 3.63) is 64.0 Å². The Bertz CT molecular complexity index is 689. The molecule has 0 aliphatic rings. The summed E-state index contributed by atoms with van der Waals surface area (Å²) >= 11 is 0. The highest BCUT2D eigenvalue weighted by Crippen LogP contribution is 2.33. The van der Waals surface area contributed by atoms with Crippen LogP contribution in [0.5, 0.6) is 0 Å².